The van der Waals surface area contributed by atoms with Crippen molar-refractivity contribution in [3.63, 3.8) is 0 Å². The van der Waals surface area contributed by atoms with E-state index in [1.807, 2.05) is 18.2 Å². The van der Waals surface area contributed by atoms with Crippen LogP contribution >= 0.6 is 0 Å². The zero-order valence-electron chi connectivity index (χ0n) is 16.1. The lowest BCUT2D eigenvalue weighted by Crippen LogP contribution is -2.41. The summed E-state index contributed by atoms with van der Waals surface area (Å²) >= 11 is 0. The first kappa shape index (κ1) is 19.2. The molecule has 1 N–H and O–H groups in total. The first-order chi connectivity index (χ1) is 13.0. The van der Waals surface area contributed by atoms with Gasteiger partial charge in [0.2, 0.25) is 0 Å². The molecule has 144 valence electrons. The third kappa shape index (κ3) is 4.08. The van der Waals surface area contributed by atoms with Gasteiger partial charge < -0.3 is 14.6 Å². The summed E-state index contributed by atoms with van der Waals surface area (Å²) < 4.78 is 11.2. The number of aryl methyl sites for hydroxylation is 1. The van der Waals surface area contributed by atoms with Crippen LogP contribution < -0.4 is 9.47 Å². The monoisotopic (exact) mass is 369 g/mol. The summed E-state index contributed by atoms with van der Waals surface area (Å²) in [5.74, 6) is 0.310. The molecule has 5 nitrogen and oxygen atoms in total. The number of aliphatic carboxylic acids is 1. The SMILES string of the molecule is COc1cccc(C(c2ccc(C)cc2)N2CCCC(C(=O)O)C2)c1OC. The highest BCUT2D eigenvalue weighted by molar-refractivity contribution is 5.70. The van der Waals surface area contributed by atoms with Crippen molar-refractivity contribution in [3.8, 4) is 11.5 Å². The Morgan fingerprint density at radius 2 is 1.89 bits per heavy atom. The van der Waals surface area contributed by atoms with E-state index in [2.05, 4.69) is 36.1 Å². The van der Waals surface area contributed by atoms with Gasteiger partial charge in [-0.15, -0.1) is 0 Å². The molecule has 27 heavy (non-hydrogen) atoms. The summed E-state index contributed by atoms with van der Waals surface area (Å²) in [6.07, 6.45) is 1.59. The highest BCUT2D eigenvalue weighted by Gasteiger charge is 2.33. The first-order valence-corrected chi connectivity index (χ1v) is 9.29. The molecule has 0 saturated carbocycles. The number of carbonyl (C=O) groups is 1. The van der Waals surface area contributed by atoms with Gasteiger partial charge >= 0.3 is 5.97 Å². The number of carboxylic acid groups (broad SMARTS) is 1. The Morgan fingerprint density at radius 1 is 1.15 bits per heavy atom. The number of carboxylic acids is 1. The molecule has 2 aromatic carbocycles. The molecule has 1 heterocycles. The number of hydrogen-bond donors (Lipinski definition) is 1. The van der Waals surface area contributed by atoms with Crippen LogP contribution in [0.5, 0.6) is 11.5 Å². The molecule has 3 rings (SSSR count). The predicted molar refractivity (Wildman–Crippen MR) is 105 cm³/mol. The second-order valence-corrected chi connectivity index (χ2v) is 7.07. The molecule has 1 fully saturated rings. The van der Waals surface area contributed by atoms with Crippen LogP contribution in [0.4, 0.5) is 0 Å². The molecule has 0 bridgehead atoms. The fourth-order valence-electron chi connectivity index (χ4n) is 3.91. The number of para-hydroxylation sites is 1. The van der Waals surface area contributed by atoms with Crippen molar-refractivity contribution < 1.29 is 19.4 Å². The topological polar surface area (TPSA) is 59.0 Å². The second kappa shape index (κ2) is 8.44. The first-order valence-electron chi connectivity index (χ1n) is 9.29. The van der Waals surface area contributed by atoms with Gasteiger partial charge in [-0.05, 0) is 37.9 Å². The summed E-state index contributed by atoms with van der Waals surface area (Å²) in [6.45, 7) is 3.43. The number of likely N-dealkylation sites (tertiary alicyclic amines) is 1. The van der Waals surface area contributed by atoms with Crippen molar-refractivity contribution >= 4 is 5.97 Å². The summed E-state index contributed by atoms with van der Waals surface area (Å²) in [4.78, 5) is 13.8. The lowest BCUT2D eigenvalue weighted by atomic mass is 9.90. The van der Waals surface area contributed by atoms with Crippen molar-refractivity contribution in [2.75, 3.05) is 27.3 Å². The number of ether oxygens (including phenoxy) is 2. The maximum absolute atomic E-state index is 11.6. The Morgan fingerprint density at radius 3 is 2.52 bits per heavy atom. The lowest BCUT2D eigenvalue weighted by molar-refractivity contribution is -0.143. The Balaban J connectivity index is 2.08. The summed E-state index contributed by atoms with van der Waals surface area (Å²) in [5.41, 5.74) is 3.31. The van der Waals surface area contributed by atoms with Gasteiger partial charge in [-0.25, -0.2) is 0 Å². The van der Waals surface area contributed by atoms with Gasteiger partial charge in [-0.1, -0.05) is 42.0 Å². The van der Waals surface area contributed by atoms with Crippen LogP contribution in [0.15, 0.2) is 42.5 Å². The largest absolute Gasteiger partial charge is 0.493 e. The quantitative estimate of drug-likeness (QED) is 0.837. The average Bonchev–Trinajstić information content (AvgIpc) is 2.69. The predicted octanol–water partition coefficient (Wildman–Crippen LogP) is 3.90. The molecule has 1 saturated heterocycles. The summed E-state index contributed by atoms with van der Waals surface area (Å²) in [7, 11) is 3.27. The number of hydrogen-bond acceptors (Lipinski definition) is 4. The van der Waals surface area contributed by atoms with Crippen LogP contribution in [0, 0.1) is 12.8 Å². The molecule has 5 heteroatoms. The van der Waals surface area contributed by atoms with E-state index in [1.54, 1.807) is 14.2 Å². The zero-order valence-corrected chi connectivity index (χ0v) is 16.1. The van der Waals surface area contributed by atoms with Gasteiger partial charge in [-0.2, -0.15) is 0 Å². The van der Waals surface area contributed by atoms with Crippen molar-refractivity contribution in [1.29, 1.82) is 0 Å². The third-order valence-electron chi connectivity index (χ3n) is 5.29. The van der Waals surface area contributed by atoms with Gasteiger partial charge in [0.15, 0.2) is 11.5 Å². The van der Waals surface area contributed by atoms with E-state index < -0.39 is 5.97 Å². The standard InChI is InChI=1S/C22H27NO4/c1-15-9-11-16(12-10-15)20(23-13-5-6-17(14-23)22(24)25)18-7-4-8-19(26-2)21(18)27-3/h4,7-12,17,20H,5-6,13-14H2,1-3H3,(H,24,25). The molecular weight excluding hydrogens is 342 g/mol. The number of nitrogens with zero attached hydrogens (tertiary/aromatic N) is 1. The van der Waals surface area contributed by atoms with E-state index in [-0.39, 0.29) is 12.0 Å². The maximum Gasteiger partial charge on any atom is 0.307 e. The highest BCUT2D eigenvalue weighted by Crippen LogP contribution is 2.41. The number of piperidine rings is 1. The minimum Gasteiger partial charge on any atom is -0.493 e. The molecule has 0 aliphatic carbocycles. The van der Waals surface area contributed by atoms with E-state index >= 15 is 0 Å². The van der Waals surface area contributed by atoms with E-state index in [1.165, 1.54) is 5.56 Å². The minimum atomic E-state index is -0.722. The van der Waals surface area contributed by atoms with Gasteiger partial charge in [0.25, 0.3) is 0 Å². The molecular formula is C22H27NO4. The zero-order chi connectivity index (χ0) is 19.4. The van der Waals surface area contributed by atoms with E-state index in [4.69, 9.17) is 9.47 Å². The van der Waals surface area contributed by atoms with Crippen LogP contribution in [0.2, 0.25) is 0 Å². The van der Waals surface area contributed by atoms with E-state index in [0.29, 0.717) is 18.0 Å². The fraction of sp³-hybridized carbons (Fsp3) is 0.409. The van der Waals surface area contributed by atoms with Gasteiger partial charge in [0.1, 0.15) is 0 Å². The van der Waals surface area contributed by atoms with Crippen molar-refractivity contribution in [1.82, 2.24) is 4.90 Å². The fourth-order valence-corrected chi connectivity index (χ4v) is 3.91. The smallest absolute Gasteiger partial charge is 0.307 e. The van der Waals surface area contributed by atoms with Gasteiger partial charge in [0, 0.05) is 12.1 Å². The molecule has 0 amide bonds. The number of methoxy groups -OCH3 is 2. The molecule has 1 aliphatic heterocycles. The van der Waals surface area contributed by atoms with Crippen LogP contribution in [-0.4, -0.2) is 43.3 Å². The molecule has 2 atom stereocenters. The molecule has 1 aliphatic rings. The van der Waals surface area contributed by atoms with Gasteiger partial charge in [-0.3, -0.25) is 9.69 Å². The summed E-state index contributed by atoms with van der Waals surface area (Å²) in [6, 6.07) is 14.2. The van der Waals surface area contributed by atoms with E-state index in [9.17, 15) is 9.90 Å². The van der Waals surface area contributed by atoms with Crippen LogP contribution in [0.3, 0.4) is 0 Å². The van der Waals surface area contributed by atoms with Crippen molar-refractivity contribution in [2.45, 2.75) is 25.8 Å². The van der Waals surface area contributed by atoms with Crippen LogP contribution in [0.25, 0.3) is 0 Å². The van der Waals surface area contributed by atoms with Gasteiger partial charge in [0.05, 0.1) is 26.2 Å². The Kier molecular flexibility index (Phi) is 6.01. The molecule has 2 unspecified atom stereocenters. The minimum absolute atomic E-state index is 0.0854. The Bertz CT molecular complexity index is 787. The van der Waals surface area contributed by atoms with Crippen LogP contribution in [0.1, 0.15) is 35.6 Å². The van der Waals surface area contributed by atoms with Crippen molar-refractivity contribution in [2.24, 2.45) is 5.92 Å². The average molecular weight is 369 g/mol. The normalized spacial score (nSPS) is 18.7. The molecule has 0 aromatic heterocycles. The number of benzene rings is 2. The molecule has 2 aromatic rings. The highest BCUT2D eigenvalue weighted by atomic mass is 16.5. The maximum atomic E-state index is 11.6. The Hall–Kier alpha value is -2.53. The molecule has 0 radical (unpaired) electrons. The molecule has 0 spiro atoms. The van der Waals surface area contributed by atoms with Crippen molar-refractivity contribution in [3.05, 3.63) is 59.2 Å². The lowest BCUT2D eigenvalue weighted by Gasteiger charge is -2.38. The van der Waals surface area contributed by atoms with Crippen LogP contribution in [-0.2, 0) is 4.79 Å². The number of rotatable bonds is 6. The third-order valence-corrected chi connectivity index (χ3v) is 5.29. The summed E-state index contributed by atoms with van der Waals surface area (Å²) in [5, 5.41) is 9.53. The van der Waals surface area contributed by atoms with E-state index in [0.717, 1.165) is 30.5 Å². The Labute approximate surface area is 160 Å². The second-order valence-electron chi connectivity index (χ2n) is 7.07.